The molecule has 1 saturated heterocycles. The fourth-order valence-electron chi connectivity index (χ4n) is 3.26. The molecule has 1 aliphatic heterocycles. The summed E-state index contributed by atoms with van der Waals surface area (Å²) < 4.78 is 0. The molecule has 0 aromatic heterocycles. The second-order valence-electron chi connectivity index (χ2n) is 6.87. The smallest absolute Gasteiger partial charge is 0.239 e. The van der Waals surface area contributed by atoms with Crippen molar-refractivity contribution in [1.82, 2.24) is 9.80 Å². The topological polar surface area (TPSA) is 49.6 Å². The number of hydrogen-bond donors (Lipinski definition) is 1. The van der Waals surface area contributed by atoms with Crippen molar-refractivity contribution in [3.05, 3.63) is 35.9 Å². The third-order valence-electron chi connectivity index (χ3n) is 4.93. The van der Waals surface area contributed by atoms with Crippen LogP contribution in [0.1, 0.15) is 39.2 Å². The molecule has 4 nitrogen and oxygen atoms in total. The highest BCUT2D eigenvalue weighted by Gasteiger charge is 2.29. The van der Waals surface area contributed by atoms with E-state index in [1.54, 1.807) is 0 Å². The number of carbonyl (C=O) groups is 1. The fraction of sp³-hybridized carbons (Fsp3) is 0.632. The van der Waals surface area contributed by atoms with Gasteiger partial charge >= 0.3 is 0 Å². The predicted molar refractivity (Wildman–Crippen MR) is 94.9 cm³/mol. The van der Waals surface area contributed by atoms with Crippen LogP contribution < -0.4 is 5.73 Å². The molecule has 4 heteroatoms. The summed E-state index contributed by atoms with van der Waals surface area (Å²) in [7, 11) is 0. The van der Waals surface area contributed by atoms with E-state index in [1.165, 1.54) is 5.56 Å². The van der Waals surface area contributed by atoms with E-state index in [9.17, 15) is 4.79 Å². The zero-order valence-electron chi connectivity index (χ0n) is 14.7. The lowest BCUT2D eigenvalue weighted by molar-refractivity contribution is -0.135. The number of piperidine rings is 1. The molecule has 0 aliphatic carbocycles. The van der Waals surface area contributed by atoms with Crippen LogP contribution in [0.25, 0.3) is 0 Å². The first-order chi connectivity index (χ1) is 11.0. The van der Waals surface area contributed by atoms with E-state index in [4.69, 9.17) is 5.73 Å². The van der Waals surface area contributed by atoms with Crippen LogP contribution in [0.4, 0.5) is 0 Å². The van der Waals surface area contributed by atoms with Crippen LogP contribution in [-0.2, 0) is 11.3 Å². The van der Waals surface area contributed by atoms with Gasteiger partial charge in [-0.2, -0.15) is 0 Å². The van der Waals surface area contributed by atoms with E-state index in [1.807, 2.05) is 18.7 Å². The molecule has 1 aromatic carbocycles. The van der Waals surface area contributed by atoms with Gasteiger partial charge in [-0.15, -0.1) is 0 Å². The zero-order valence-corrected chi connectivity index (χ0v) is 14.7. The van der Waals surface area contributed by atoms with E-state index in [0.717, 1.165) is 39.0 Å². The van der Waals surface area contributed by atoms with Crippen molar-refractivity contribution in [2.24, 2.45) is 11.7 Å². The maximum absolute atomic E-state index is 12.4. The van der Waals surface area contributed by atoms with Crippen molar-refractivity contribution in [1.29, 1.82) is 0 Å². The Hall–Kier alpha value is -1.39. The summed E-state index contributed by atoms with van der Waals surface area (Å²) in [6, 6.07) is 10.8. The van der Waals surface area contributed by atoms with E-state index in [0.29, 0.717) is 6.04 Å². The fourth-order valence-corrected chi connectivity index (χ4v) is 3.26. The van der Waals surface area contributed by atoms with Crippen molar-refractivity contribution in [3.63, 3.8) is 0 Å². The highest BCUT2D eigenvalue weighted by atomic mass is 16.2. The monoisotopic (exact) mass is 317 g/mol. The van der Waals surface area contributed by atoms with Crippen molar-refractivity contribution in [2.45, 2.75) is 52.2 Å². The van der Waals surface area contributed by atoms with Gasteiger partial charge in [-0.25, -0.2) is 0 Å². The largest absolute Gasteiger partial charge is 0.341 e. The molecule has 1 unspecified atom stereocenters. The van der Waals surface area contributed by atoms with Gasteiger partial charge in [0.1, 0.15) is 0 Å². The van der Waals surface area contributed by atoms with Crippen LogP contribution in [0.3, 0.4) is 0 Å². The van der Waals surface area contributed by atoms with Crippen molar-refractivity contribution in [3.8, 4) is 0 Å². The minimum atomic E-state index is -0.363. The Morgan fingerprint density at radius 3 is 2.39 bits per heavy atom. The van der Waals surface area contributed by atoms with Crippen molar-refractivity contribution >= 4 is 5.91 Å². The maximum Gasteiger partial charge on any atom is 0.239 e. The molecule has 1 aliphatic rings. The second-order valence-corrected chi connectivity index (χ2v) is 6.87. The van der Waals surface area contributed by atoms with Gasteiger partial charge in [-0.1, -0.05) is 51.1 Å². The van der Waals surface area contributed by atoms with Gasteiger partial charge in [0.25, 0.3) is 0 Å². The summed E-state index contributed by atoms with van der Waals surface area (Å²) in [5.41, 5.74) is 7.37. The normalized spacial score (nSPS) is 17.7. The quantitative estimate of drug-likeness (QED) is 0.877. The second kappa shape index (κ2) is 8.46. The number of nitrogens with zero attached hydrogens (tertiary/aromatic N) is 2. The van der Waals surface area contributed by atoms with Gasteiger partial charge in [0, 0.05) is 25.7 Å². The van der Waals surface area contributed by atoms with Gasteiger partial charge in [0.2, 0.25) is 5.91 Å². The Kier molecular flexibility index (Phi) is 6.60. The number of nitrogens with two attached hydrogens (primary N) is 1. The highest BCUT2D eigenvalue weighted by molar-refractivity contribution is 5.82. The van der Waals surface area contributed by atoms with Gasteiger partial charge < -0.3 is 10.6 Å². The Morgan fingerprint density at radius 2 is 1.87 bits per heavy atom. The molecular formula is C19H31N3O. The van der Waals surface area contributed by atoms with Crippen LogP contribution >= 0.6 is 0 Å². The third kappa shape index (κ3) is 4.79. The Balaban J connectivity index is 1.88. The standard InChI is InChI=1S/C19H31N3O/c1-4-21(14-16-8-6-5-7-9-16)17-10-12-22(13-11-17)19(23)18(20)15(2)3/h5-9,15,17-18H,4,10-14,20H2,1-3H3. The maximum atomic E-state index is 12.4. The lowest BCUT2D eigenvalue weighted by atomic mass is 9.99. The summed E-state index contributed by atoms with van der Waals surface area (Å²) in [6.07, 6.45) is 2.08. The summed E-state index contributed by atoms with van der Waals surface area (Å²) in [6.45, 7) is 9.92. The van der Waals surface area contributed by atoms with Gasteiger partial charge in [-0.3, -0.25) is 9.69 Å². The minimum absolute atomic E-state index is 0.115. The van der Waals surface area contributed by atoms with Crippen LogP contribution in [0.15, 0.2) is 30.3 Å². The Morgan fingerprint density at radius 1 is 1.26 bits per heavy atom. The molecule has 0 bridgehead atoms. The van der Waals surface area contributed by atoms with Crippen molar-refractivity contribution < 1.29 is 4.79 Å². The SMILES string of the molecule is CCN(Cc1ccccc1)C1CCN(C(=O)C(N)C(C)C)CC1. The molecule has 1 amide bonds. The van der Waals surface area contributed by atoms with E-state index in [-0.39, 0.29) is 17.9 Å². The highest BCUT2D eigenvalue weighted by Crippen LogP contribution is 2.20. The number of carbonyl (C=O) groups excluding carboxylic acids is 1. The van der Waals surface area contributed by atoms with Crippen molar-refractivity contribution in [2.75, 3.05) is 19.6 Å². The number of amides is 1. The third-order valence-corrected chi connectivity index (χ3v) is 4.93. The molecule has 1 heterocycles. The molecule has 1 atom stereocenters. The van der Waals surface area contributed by atoms with Crippen LogP contribution in [0, 0.1) is 5.92 Å². The number of likely N-dealkylation sites (tertiary alicyclic amines) is 1. The summed E-state index contributed by atoms with van der Waals surface area (Å²) in [4.78, 5) is 16.8. The first-order valence-electron chi connectivity index (χ1n) is 8.85. The molecule has 0 saturated carbocycles. The van der Waals surface area contributed by atoms with Crippen LogP contribution in [-0.4, -0.2) is 47.4 Å². The van der Waals surface area contributed by atoms with Gasteiger partial charge in [-0.05, 0) is 30.9 Å². The molecule has 0 radical (unpaired) electrons. The van der Waals surface area contributed by atoms with E-state index >= 15 is 0 Å². The lowest BCUT2D eigenvalue weighted by Crippen LogP contribution is -2.52. The molecule has 2 rings (SSSR count). The van der Waals surface area contributed by atoms with E-state index < -0.39 is 0 Å². The van der Waals surface area contributed by atoms with Gasteiger partial charge in [0.05, 0.1) is 6.04 Å². The molecule has 1 aromatic rings. The molecule has 1 fully saturated rings. The Labute approximate surface area is 140 Å². The Bertz CT molecular complexity index is 481. The number of rotatable bonds is 6. The summed E-state index contributed by atoms with van der Waals surface area (Å²) in [5.74, 6) is 0.315. The molecule has 0 spiro atoms. The molecule has 23 heavy (non-hydrogen) atoms. The summed E-state index contributed by atoms with van der Waals surface area (Å²) in [5, 5.41) is 0. The first kappa shape index (κ1) is 18.0. The van der Waals surface area contributed by atoms with Crippen LogP contribution in [0.2, 0.25) is 0 Å². The van der Waals surface area contributed by atoms with Crippen LogP contribution in [0.5, 0.6) is 0 Å². The number of hydrogen-bond acceptors (Lipinski definition) is 3. The zero-order chi connectivity index (χ0) is 16.8. The summed E-state index contributed by atoms with van der Waals surface area (Å²) >= 11 is 0. The number of benzene rings is 1. The molecule has 2 N–H and O–H groups in total. The molecular weight excluding hydrogens is 286 g/mol. The first-order valence-corrected chi connectivity index (χ1v) is 8.85. The predicted octanol–water partition coefficient (Wildman–Crippen LogP) is 2.48. The minimum Gasteiger partial charge on any atom is -0.341 e. The average Bonchev–Trinajstić information content (AvgIpc) is 2.59. The van der Waals surface area contributed by atoms with E-state index in [2.05, 4.69) is 42.2 Å². The molecule has 128 valence electrons. The lowest BCUT2D eigenvalue weighted by Gasteiger charge is -2.39. The average molecular weight is 317 g/mol. The van der Waals surface area contributed by atoms with Gasteiger partial charge in [0.15, 0.2) is 0 Å².